The highest BCUT2D eigenvalue weighted by molar-refractivity contribution is 7.16. The van der Waals surface area contributed by atoms with Crippen molar-refractivity contribution in [2.24, 2.45) is 0 Å². The Kier molecular flexibility index (Phi) is 7.51. The molecular weight excluding hydrogens is 585 g/mol. The number of nitrogens with zero attached hydrogens (tertiary/aromatic N) is 6. The molecule has 0 saturated heterocycles. The van der Waals surface area contributed by atoms with Gasteiger partial charge in [0.15, 0.2) is 11.6 Å². The van der Waals surface area contributed by atoms with E-state index in [0.29, 0.717) is 15.6 Å². The third kappa shape index (κ3) is 5.57. The summed E-state index contributed by atoms with van der Waals surface area (Å²) in [5.41, 5.74) is 1.52. The van der Waals surface area contributed by atoms with Gasteiger partial charge in [-0.25, -0.2) is 4.39 Å². The summed E-state index contributed by atoms with van der Waals surface area (Å²) in [6.45, 7) is 0.421. The highest BCUT2D eigenvalue weighted by atomic mass is 35.5. The van der Waals surface area contributed by atoms with E-state index < -0.39 is 11.7 Å². The molecule has 0 unspecified atom stereocenters. The normalized spacial score (nSPS) is 11.1. The number of thiophene rings is 1. The standard InChI is InChI=1S/C28H19ClFN7O2S2/c29-23-5-4-19(41-23)14-33-26-24(30)25(34-37(26)28(39)22-8-12-40-35-22)18-13-20(21-3-1-2-9-32-21)27(38)36(16-18)15-17-6-10-31-11-7-17/h1-13,16,33H,14-15H2. The highest BCUT2D eigenvalue weighted by Crippen LogP contribution is 2.31. The summed E-state index contributed by atoms with van der Waals surface area (Å²) in [5.74, 6) is -1.48. The second-order valence-corrected chi connectivity index (χ2v) is 11.3. The van der Waals surface area contributed by atoms with Crippen LogP contribution in [0.5, 0.6) is 0 Å². The molecule has 9 nitrogen and oxygen atoms in total. The maximum atomic E-state index is 16.2. The molecule has 41 heavy (non-hydrogen) atoms. The molecule has 6 aromatic rings. The Balaban J connectivity index is 1.49. The lowest BCUT2D eigenvalue weighted by molar-refractivity contribution is 0.0943. The zero-order valence-corrected chi connectivity index (χ0v) is 23.5. The average Bonchev–Trinajstić information content (AvgIpc) is 3.75. The summed E-state index contributed by atoms with van der Waals surface area (Å²) in [7, 11) is 0. The number of hydrogen-bond acceptors (Lipinski definition) is 9. The second kappa shape index (κ2) is 11.5. The zero-order chi connectivity index (χ0) is 28.3. The predicted octanol–water partition coefficient (Wildman–Crippen LogP) is 5.83. The Morgan fingerprint density at radius 3 is 2.63 bits per heavy atom. The van der Waals surface area contributed by atoms with Crippen LogP contribution in [0.2, 0.25) is 4.34 Å². The van der Waals surface area contributed by atoms with Gasteiger partial charge in [-0.3, -0.25) is 19.6 Å². The summed E-state index contributed by atoms with van der Waals surface area (Å²) in [6.07, 6.45) is 6.37. The van der Waals surface area contributed by atoms with Crippen molar-refractivity contribution in [3.63, 3.8) is 0 Å². The first-order chi connectivity index (χ1) is 20.0. The molecule has 0 aliphatic rings. The Morgan fingerprint density at radius 1 is 1.07 bits per heavy atom. The van der Waals surface area contributed by atoms with Crippen LogP contribution in [0.1, 0.15) is 20.9 Å². The fourth-order valence-corrected chi connectivity index (χ4v) is 5.74. The van der Waals surface area contributed by atoms with Crippen LogP contribution in [0.3, 0.4) is 0 Å². The van der Waals surface area contributed by atoms with E-state index in [0.717, 1.165) is 26.7 Å². The van der Waals surface area contributed by atoms with Gasteiger partial charge in [0.1, 0.15) is 11.4 Å². The summed E-state index contributed by atoms with van der Waals surface area (Å²) >= 11 is 8.50. The van der Waals surface area contributed by atoms with Crippen LogP contribution in [0.15, 0.2) is 89.6 Å². The van der Waals surface area contributed by atoms with E-state index >= 15 is 4.39 Å². The van der Waals surface area contributed by atoms with Gasteiger partial charge in [0, 0.05) is 40.6 Å². The molecule has 0 amide bonds. The Hall–Kier alpha value is -4.52. The fourth-order valence-electron chi connectivity index (χ4n) is 4.21. The highest BCUT2D eigenvalue weighted by Gasteiger charge is 2.26. The molecule has 0 aromatic carbocycles. The van der Waals surface area contributed by atoms with Gasteiger partial charge in [0.2, 0.25) is 0 Å². The molecule has 0 radical (unpaired) electrons. The van der Waals surface area contributed by atoms with Crippen molar-refractivity contribution in [3.05, 3.63) is 121 Å². The number of carbonyl (C=O) groups is 1. The first kappa shape index (κ1) is 26.7. The molecular formula is C28H19ClFN7O2S2. The van der Waals surface area contributed by atoms with E-state index in [4.69, 9.17) is 11.6 Å². The van der Waals surface area contributed by atoms with Gasteiger partial charge in [-0.05, 0) is 65.6 Å². The Labute approximate surface area is 245 Å². The number of pyridine rings is 3. The first-order valence-electron chi connectivity index (χ1n) is 12.2. The van der Waals surface area contributed by atoms with Crippen molar-refractivity contribution in [3.8, 4) is 22.5 Å². The molecule has 1 N–H and O–H groups in total. The molecule has 0 atom stereocenters. The number of hydrogen-bond donors (Lipinski definition) is 1. The smallest absolute Gasteiger partial charge is 0.299 e. The number of anilines is 1. The molecule has 0 bridgehead atoms. The molecule has 6 aromatic heterocycles. The van der Waals surface area contributed by atoms with Crippen molar-refractivity contribution >= 4 is 46.2 Å². The van der Waals surface area contributed by atoms with Crippen LogP contribution in [0.25, 0.3) is 22.5 Å². The van der Waals surface area contributed by atoms with E-state index in [1.165, 1.54) is 22.1 Å². The third-order valence-corrected chi connectivity index (χ3v) is 7.93. The molecule has 0 fully saturated rings. The van der Waals surface area contributed by atoms with Gasteiger partial charge in [0.05, 0.1) is 28.7 Å². The Bertz CT molecular complexity index is 1890. The number of rotatable bonds is 8. The minimum atomic E-state index is -0.752. The van der Waals surface area contributed by atoms with Gasteiger partial charge in [-0.15, -0.1) is 11.3 Å². The van der Waals surface area contributed by atoms with Crippen LogP contribution < -0.4 is 10.9 Å². The van der Waals surface area contributed by atoms with Crippen molar-refractivity contribution < 1.29 is 9.18 Å². The zero-order valence-electron chi connectivity index (χ0n) is 21.1. The molecule has 13 heteroatoms. The van der Waals surface area contributed by atoms with Crippen molar-refractivity contribution in [1.82, 2.24) is 28.7 Å². The van der Waals surface area contributed by atoms with E-state index in [9.17, 15) is 9.59 Å². The van der Waals surface area contributed by atoms with Gasteiger partial charge in [0.25, 0.3) is 11.5 Å². The molecule has 6 rings (SSSR count). The van der Waals surface area contributed by atoms with Crippen LogP contribution >= 0.6 is 34.5 Å². The minimum absolute atomic E-state index is 0.110. The van der Waals surface area contributed by atoms with Crippen LogP contribution in [0, 0.1) is 5.82 Å². The van der Waals surface area contributed by atoms with Crippen molar-refractivity contribution in [2.45, 2.75) is 13.1 Å². The number of nitrogens with one attached hydrogen (secondary N) is 1. The SMILES string of the molecule is O=C(c1ccsn1)n1nc(-c2cc(-c3ccccn3)c(=O)n(Cc3ccncc3)c2)c(F)c1NCc1ccc(Cl)s1. The number of aromatic nitrogens is 6. The second-order valence-electron chi connectivity index (χ2n) is 8.82. The summed E-state index contributed by atoms with van der Waals surface area (Å²) in [4.78, 5) is 36.1. The maximum Gasteiger partial charge on any atom is 0.299 e. The lowest BCUT2D eigenvalue weighted by Gasteiger charge is -2.11. The summed E-state index contributed by atoms with van der Waals surface area (Å²) < 4.78 is 23.4. The largest absolute Gasteiger partial charge is 0.363 e. The van der Waals surface area contributed by atoms with E-state index in [-0.39, 0.29) is 41.4 Å². The lowest BCUT2D eigenvalue weighted by atomic mass is 10.1. The van der Waals surface area contributed by atoms with Crippen molar-refractivity contribution in [1.29, 1.82) is 0 Å². The number of carbonyl (C=O) groups excluding carboxylic acids is 1. The molecule has 0 saturated carbocycles. The van der Waals surface area contributed by atoms with E-state index in [1.54, 1.807) is 72.5 Å². The minimum Gasteiger partial charge on any atom is -0.363 e. The maximum absolute atomic E-state index is 16.2. The summed E-state index contributed by atoms with van der Waals surface area (Å²) in [5, 5.41) is 9.05. The first-order valence-corrected chi connectivity index (χ1v) is 14.3. The lowest BCUT2D eigenvalue weighted by Crippen LogP contribution is -2.22. The quantitative estimate of drug-likeness (QED) is 0.233. The molecule has 0 aliphatic heterocycles. The molecule has 204 valence electrons. The molecule has 6 heterocycles. The van der Waals surface area contributed by atoms with Crippen LogP contribution in [-0.4, -0.2) is 34.6 Å². The third-order valence-electron chi connectivity index (χ3n) is 6.14. The monoisotopic (exact) mass is 603 g/mol. The summed E-state index contributed by atoms with van der Waals surface area (Å²) in [6, 6.07) is 15.4. The Morgan fingerprint density at radius 2 is 1.93 bits per heavy atom. The van der Waals surface area contributed by atoms with Gasteiger partial charge < -0.3 is 9.88 Å². The van der Waals surface area contributed by atoms with E-state index in [2.05, 4.69) is 24.8 Å². The van der Waals surface area contributed by atoms with Crippen LogP contribution in [0.4, 0.5) is 10.2 Å². The van der Waals surface area contributed by atoms with Gasteiger partial charge in [-0.2, -0.15) is 14.2 Å². The van der Waals surface area contributed by atoms with E-state index in [1.807, 2.05) is 6.07 Å². The molecule has 0 spiro atoms. The predicted molar refractivity (Wildman–Crippen MR) is 157 cm³/mol. The number of halogens is 2. The molecule has 0 aliphatic carbocycles. The van der Waals surface area contributed by atoms with Gasteiger partial charge >= 0.3 is 0 Å². The van der Waals surface area contributed by atoms with Gasteiger partial charge in [-0.1, -0.05) is 17.7 Å². The van der Waals surface area contributed by atoms with Crippen LogP contribution in [-0.2, 0) is 13.1 Å². The van der Waals surface area contributed by atoms with Crippen molar-refractivity contribution in [2.75, 3.05) is 5.32 Å². The topological polar surface area (TPSA) is 108 Å². The average molecular weight is 604 g/mol. The fraction of sp³-hybridized carbons (Fsp3) is 0.0714.